The van der Waals surface area contributed by atoms with E-state index in [1.165, 1.54) is 5.56 Å². The Morgan fingerprint density at radius 3 is 2.54 bits per heavy atom. The molecule has 0 unspecified atom stereocenters. The molecule has 0 aliphatic rings. The van der Waals surface area contributed by atoms with Crippen LogP contribution in [0.1, 0.15) is 35.9 Å². The monoisotopic (exact) mass is 337 g/mol. The lowest BCUT2D eigenvalue weighted by atomic mass is 10.0. The first-order chi connectivity index (χ1) is 11.7. The zero-order valence-electron chi connectivity index (χ0n) is 13.5. The summed E-state index contributed by atoms with van der Waals surface area (Å²) in [4.78, 5) is 15.7. The van der Waals surface area contributed by atoms with E-state index in [-0.39, 0.29) is 6.42 Å². The highest BCUT2D eigenvalue weighted by molar-refractivity contribution is 7.19. The van der Waals surface area contributed by atoms with Gasteiger partial charge in [-0.1, -0.05) is 43.3 Å². The molecule has 0 aliphatic heterocycles. The average Bonchev–Trinajstić information content (AvgIpc) is 3.03. The number of para-hydroxylation sites is 1. The summed E-state index contributed by atoms with van der Waals surface area (Å²) in [5.74, 6) is -0.789. The number of benzene rings is 2. The molecule has 3 nitrogen and oxygen atoms in total. The van der Waals surface area contributed by atoms with Crippen molar-refractivity contribution >= 4 is 39.2 Å². The van der Waals surface area contributed by atoms with Crippen molar-refractivity contribution in [2.24, 2.45) is 0 Å². The molecule has 0 atom stereocenters. The Morgan fingerprint density at radius 2 is 1.88 bits per heavy atom. The second kappa shape index (κ2) is 7.41. The van der Waals surface area contributed by atoms with Crippen molar-refractivity contribution in [3.63, 3.8) is 0 Å². The number of carbonyl (C=O) groups is 1. The first-order valence-electron chi connectivity index (χ1n) is 8.03. The van der Waals surface area contributed by atoms with E-state index in [1.807, 2.05) is 24.3 Å². The largest absolute Gasteiger partial charge is 0.481 e. The maximum atomic E-state index is 11.0. The van der Waals surface area contributed by atoms with Crippen LogP contribution in [0.15, 0.2) is 48.5 Å². The van der Waals surface area contributed by atoms with Crippen molar-refractivity contribution in [2.75, 3.05) is 0 Å². The van der Waals surface area contributed by atoms with Crippen molar-refractivity contribution in [3.05, 3.63) is 64.7 Å². The maximum Gasteiger partial charge on any atom is 0.303 e. The molecule has 0 saturated carbocycles. The van der Waals surface area contributed by atoms with Gasteiger partial charge >= 0.3 is 5.97 Å². The minimum Gasteiger partial charge on any atom is -0.481 e. The zero-order valence-corrected chi connectivity index (χ0v) is 14.3. The van der Waals surface area contributed by atoms with Gasteiger partial charge in [-0.05, 0) is 47.8 Å². The molecule has 122 valence electrons. The molecule has 0 amide bonds. The zero-order chi connectivity index (χ0) is 16.9. The highest BCUT2D eigenvalue weighted by Crippen LogP contribution is 2.31. The number of hydrogen-bond donors (Lipinski definition) is 1. The van der Waals surface area contributed by atoms with Gasteiger partial charge in [-0.15, -0.1) is 11.3 Å². The number of aromatic nitrogens is 1. The fourth-order valence-corrected chi connectivity index (χ4v) is 3.55. The molecule has 2 aromatic carbocycles. The molecule has 24 heavy (non-hydrogen) atoms. The van der Waals surface area contributed by atoms with Crippen LogP contribution in [0.25, 0.3) is 21.9 Å². The van der Waals surface area contributed by atoms with Crippen LogP contribution in [-0.2, 0) is 11.2 Å². The van der Waals surface area contributed by atoms with Crippen LogP contribution in [0.3, 0.4) is 0 Å². The SMILES string of the molecule is CCc1ccc(/C=C(/CCC(=O)O)c2nc3ccccc3s2)cc1. The molecule has 0 spiro atoms. The third-order valence-corrected chi connectivity index (χ3v) is 5.02. The normalized spacial score (nSPS) is 11.8. The minimum atomic E-state index is -0.789. The molecule has 3 aromatic rings. The van der Waals surface area contributed by atoms with Gasteiger partial charge in [0.25, 0.3) is 0 Å². The summed E-state index contributed by atoms with van der Waals surface area (Å²) in [6, 6.07) is 16.4. The number of carboxylic acids is 1. The maximum absolute atomic E-state index is 11.0. The van der Waals surface area contributed by atoms with Gasteiger partial charge in [0, 0.05) is 6.42 Å². The highest BCUT2D eigenvalue weighted by atomic mass is 32.1. The van der Waals surface area contributed by atoms with E-state index in [9.17, 15) is 4.79 Å². The van der Waals surface area contributed by atoms with Gasteiger partial charge in [-0.2, -0.15) is 0 Å². The van der Waals surface area contributed by atoms with E-state index in [0.29, 0.717) is 6.42 Å². The third kappa shape index (κ3) is 3.89. The van der Waals surface area contributed by atoms with Crippen LogP contribution in [0.4, 0.5) is 0 Å². The lowest BCUT2D eigenvalue weighted by Crippen LogP contribution is -1.95. The molecule has 0 radical (unpaired) electrons. The lowest BCUT2D eigenvalue weighted by Gasteiger charge is -2.04. The number of carboxylic acid groups (broad SMARTS) is 1. The van der Waals surface area contributed by atoms with Crippen LogP contribution in [0.5, 0.6) is 0 Å². The summed E-state index contributed by atoms with van der Waals surface area (Å²) in [6.07, 6.45) is 3.65. The number of allylic oxidation sites excluding steroid dienone is 1. The van der Waals surface area contributed by atoms with Crippen LogP contribution in [-0.4, -0.2) is 16.1 Å². The third-order valence-electron chi connectivity index (χ3n) is 3.91. The van der Waals surface area contributed by atoms with Gasteiger partial charge < -0.3 is 5.11 Å². The van der Waals surface area contributed by atoms with Crippen molar-refractivity contribution in [1.82, 2.24) is 4.98 Å². The summed E-state index contributed by atoms with van der Waals surface area (Å²) >= 11 is 1.61. The Bertz CT molecular complexity index is 845. The van der Waals surface area contributed by atoms with Gasteiger partial charge in [0.1, 0.15) is 5.01 Å². The fraction of sp³-hybridized carbons (Fsp3) is 0.200. The summed E-state index contributed by atoms with van der Waals surface area (Å²) in [7, 11) is 0. The summed E-state index contributed by atoms with van der Waals surface area (Å²) in [5, 5.41) is 9.94. The molecule has 4 heteroatoms. The van der Waals surface area contributed by atoms with Crippen molar-refractivity contribution in [2.45, 2.75) is 26.2 Å². The van der Waals surface area contributed by atoms with Crippen molar-refractivity contribution in [1.29, 1.82) is 0 Å². The van der Waals surface area contributed by atoms with Gasteiger partial charge in [0.05, 0.1) is 10.2 Å². The van der Waals surface area contributed by atoms with E-state index >= 15 is 0 Å². The number of aliphatic carboxylic acids is 1. The molecule has 3 rings (SSSR count). The minimum absolute atomic E-state index is 0.106. The number of aryl methyl sites for hydroxylation is 1. The van der Waals surface area contributed by atoms with E-state index in [1.54, 1.807) is 11.3 Å². The Labute approximate surface area is 145 Å². The second-order valence-corrected chi connectivity index (χ2v) is 6.68. The molecule has 1 N–H and O–H groups in total. The molecule has 1 aromatic heterocycles. The number of fused-ring (bicyclic) bond motifs is 1. The Kier molecular flexibility index (Phi) is 5.06. The molecular formula is C20H19NO2S. The van der Waals surface area contributed by atoms with E-state index in [0.717, 1.165) is 32.8 Å². The fourth-order valence-electron chi connectivity index (χ4n) is 2.54. The quantitative estimate of drug-likeness (QED) is 0.667. The molecule has 0 fully saturated rings. The van der Waals surface area contributed by atoms with Gasteiger partial charge in [-0.25, -0.2) is 4.98 Å². The molecule has 0 bridgehead atoms. The van der Waals surface area contributed by atoms with Crippen LogP contribution >= 0.6 is 11.3 Å². The smallest absolute Gasteiger partial charge is 0.303 e. The summed E-state index contributed by atoms with van der Waals surface area (Å²) in [5.41, 5.74) is 4.30. The van der Waals surface area contributed by atoms with Gasteiger partial charge in [-0.3, -0.25) is 4.79 Å². The van der Waals surface area contributed by atoms with E-state index in [4.69, 9.17) is 5.11 Å². The first-order valence-corrected chi connectivity index (χ1v) is 8.84. The first kappa shape index (κ1) is 16.4. The molecular weight excluding hydrogens is 318 g/mol. The second-order valence-electron chi connectivity index (χ2n) is 5.65. The summed E-state index contributed by atoms with van der Waals surface area (Å²) < 4.78 is 1.12. The van der Waals surface area contributed by atoms with Crippen LogP contribution < -0.4 is 0 Å². The lowest BCUT2D eigenvalue weighted by molar-refractivity contribution is -0.136. The van der Waals surface area contributed by atoms with Crippen LogP contribution in [0, 0.1) is 0 Å². The van der Waals surface area contributed by atoms with Crippen molar-refractivity contribution < 1.29 is 9.90 Å². The van der Waals surface area contributed by atoms with Crippen LogP contribution in [0.2, 0.25) is 0 Å². The predicted octanol–water partition coefficient (Wildman–Crippen LogP) is 5.26. The van der Waals surface area contributed by atoms with Gasteiger partial charge in [0.15, 0.2) is 0 Å². The van der Waals surface area contributed by atoms with Gasteiger partial charge in [0.2, 0.25) is 0 Å². The molecule has 1 heterocycles. The molecule has 0 aliphatic carbocycles. The molecule has 0 saturated heterocycles. The summed E-state index contributed by atoms with van der Waals surface area (Å²) in [6.45, 7) is 2.13. The number of rotatable bonds is 6. The average molecular weight is 337 g/mol. The van der Waals surface area contributed by atoms with E-state index < -0.39 is 5.97 Å². The Balaban J connectivity index is 1.97. The standard InChI is InChI=1S/C20H19NO2S/c1-2-14-7-9-15(10-8-14)13-16(11-12-19(22)23)20-21-17-5-3-4-6-18(17)24-20/h3-10,13H,2,11-12H2,1H3,(H,22,23)/b16-13-. The van der Waals surface area contributed by atoms with Crippen molar-refractivity contribution in [3.8, 4) is 0 Å². The predicted molar refractivity (Wildman–Crippen MR) is 100 cm³/mol. The topological polar surface area (TPSA) is 50.2 Å². The Hall–Kier alpha value is -2.46. The number of nitrogens with zero attached hydrogens (tertiary/aromatic N) is 1. The number of thiazole rings is 1. The highest BCUT2D eigenvalue weighted by Gasteiger charge is 2.11. The number of hydrogen-bond acceptors (Lipinski definition) is 3. The Morgan fingerprint density at radius 1 is 1.12 bits per heavy atom. The van der Waals surface area contributed by atoms with E-state index in [2.05, 4.69) is 42.2 Å².